The Morgan fingerprint density at radius 1 is 1.24 bits per heavy atom. The highest BCUT2D eigenvalue weighted by atomic mass is 19.4. The Labute approximate surface area is 93.3 Å². The Bertz CT molecular complexity index is 430. The molecule has 1 aromatic carbocycles. The maximum atomic E-state index is 13.4. The summed E-state index contributed by atoms with van der Waals surface area (Å²) in [5.74, 6) is -2.97. The lowest BCUT2D eigenvalue weighted by molar-refractivity contribution is -0.235. The average molecular weight is 252 g/mol. The smallest absolute Gasteiger partial charge is 0.433 e. The highest BCUT2D eigenvalue weighted by Gasteiger charge is 2.62. The van der Waals surface area contributed by atoms with Crippen LogP contribution in [0.5, 0.6) is 5.75 Å². The van der Waals surface area contributed by atoms with Gasteiger partial charge >= 0.3 is 17.8 Å². The van der Waals surface area contributed by atoms with Crippen molar-refractivity contribution in [1.29, 1.82) is 0 Å². The Morgan fingerprint density at radius 2 is 1.82 bits per heavy atom. The van der Waals surface area contributed by atoms with Gasteiger partial charge in [-0.2, -0.15) is 13.2 Å². The fraction of sp³-hybridized carbons (Fsp3) is 0.300. The minimum Gasteiger partial charge on any atom is -0.508 e. The van der Waals surface area contributed by atoms with Crippen LogP contribution in [0.25, 0.3) is 0 Å². The number of hydrogen-bond donors (Lipinski definition) is 2. The second-order valence-electron chi connectivity index (χ2n) is 3.45. The first-order chi connectivity index (χ1) is 7.67. The van der Waals surface area contributed by atoms with Gasteiger partial charge in [-0.15, -0.1) is 0 Å². The molecule has 0 fully saturated rings. The molecule has 0 saturated carbocycles. The van der Waals surface area contributed by atoms with Crippen molar-refractivity contribution >= 4 is 5.97 Å². The second kappa shape index (κ2) is 4.23. The Morgan fingerprint density at radius 3 is 2.24 bits per heavy atom. The topological polar surface area (TPSA) is 57.5 Å². The molecular weight excluding hydrogens is 244 g/mol. The van der Waals surface area contributed by atoms with Crippen LogP contribution < -0.4 is 0 Å². The van der Waals surface area contributed by atoms with Gasteiger partial charge in [-0.25, -0.2) is 9.18 Å². The molecule has 0 aromatic heterocycles. The van der Waals surface area contributed by atoms with Gasteiger partial charge in [-0.05, 0) is 17.7 Å². The number of alkyl halides is 4. The Balaban J connectivity index is 3.08. The normalized spacial score (nSPS) is 15.3. The Hall–Kier alpha value is -1.79. The van der Waals surface area contributed by atoms with Crippen LogP contribution in [0.1, 0.15) is 5.56 Å². The van der Waals surface area contributed by atoms with Crippen molar-refractivity contribution in [3.63, 3.8) is 0 Å². The van der Waals surface area contributed by atoms with Crippen LogP contribution in [0.3, 0.4) is 0 Å². The first kappa shape index (κ1) is 13.3. The zero-order valence-corrected chi connectivity index (χ0v) is 8.33. The number of carboxylic acid groups (broad SMARTS) is 1. The van der Waals surface area contributed by atoms with Gasteiger partial charge < -0.3 is 10.2 Å². The van der Waals surface area contributed by atoms with Crippen LogP contribution in [0.15, 0.2) is 24.3 Å². The van der Waals surface area contributed by atoms with Gasteiger partial charge in [0.2, 0.25) is 0 Å². The molecule has 0 aliphatic rings. The van der Waals surface area contributed by atoms with E-state index in [0.717, 1.165) is 12.1 Å². The predicted molar refractivity (Wildman–Crippen MR) is 49.3 cm³/mol. The molecule has 94 valence electrons. The molecule has 0 spiro atoms. The van der Waals surface area contributed by atoms with E-state index in [-0.39, 0.29) is 11.3 Å². The number of hydrogen-bond acceptors (Lipinski definition) is 2. The molecular formula is C10H8F4O3. The van der Waals surface area contributed by atoms with E-state index >= 15 is 0 Å². The first-order valence-corrected chi connectivity index (χ1v) is 4.44. The Kier molecular flexibility index (Phi) is 3.30. The maximum absolute atomic E-state index is 13.4. The zero-order valence-electron chi connectivity index (χ0n) is 8.33. The van der Waals surface area contributed by atoms with Gasteiger partial charge in [0.15, 0.2) is 0 Å². The third-order valence-corrected chi connectivity index (χ3v) is 2.15. The number of phenolic OH excluding ortho intramolecular Hbond substituents is 1. The summed E-state index contributed by atoms with van der Waals surface area (Å²) in [7, 11) is 0. The molecule has 0 amide bonds. The van der Waals surface area contributed by atoms with E-state index in [9.17, 15) is 22.4 Å². The molecule has 0 radical (unpaired) electrons. The zero-order chi connectivity index (χ0) is 13.3. The highest BCUT2D eigenvalue weighted by Crippen LogP contribution is 2.37. The van der Waals surface area contributed by atoms with Gasteiger partial charge in [-0.3, -0.25) is 0 Å². The van der Waals surface area contributed by atoms with Gasteiger partial charge in [0.1, 0.15) is 5.75 Å². The third kappa shape index (κ3) is 2.66. The number of phenols is 1. The van der Waals surface area contributed by atoms with Crippen LogP contribution in [0, 0.1) is 0 Å². The van der Waals surface area contributed by atoms with Gasteiger partial charge in [-0.1, -0.05) is 12.1 Å². The lowest BCUT2D eigenvalue weighted by Gasteiger charge is -2.23. The van der Waals surface area contributed by atoms with E-state index in [1.165, 1.54) is 12.1 Å². The number of carboxylic acids is 1. The number of aliphatic carboxylic acids is 1. The largest absolute Gasteiger partial charge is 0.508 e. The number of halogens is 4. The lowest BCUT2D eigenvalue weighted by Crippen LogP contribution is -2.49. The molecule has 1 aromatic rings. The summed E-state index contributed by atoms with van der Waals surface area (Å²) in [5, 5.41) is 17.3. The minimum atomic E-state index is -5.52. The van der Waals surface area contributed by atoms with Gasteiger partial charge in [0.05, 0.1) is 0 Å². The molecule has 0 saturated heterocycles. The highest BCUT2D eigenvalue weighted by molar-refractivity contribution is 5.79. The second-order valence-corrected chi connectivity index (χ2v) is 3.45. The van der Waals surface area contributed by atoms with Crippen molar-refractivity contribution in [2.45, 2.75) is 18.3 Å². The summed E-state index contributed by atoms with van der Waals surface area (Å²) in [6, 6.07) is 4.35. The van der Waals surface area contributed by atoms with Gasteiger partial charge in [0.25, 0.3) is 0 Å². The van der Waals surface area contributed by atoms with E-state index in [4.69, 9.17) is 10.2 Å². The number of rotatable bonds is 3. The number of carbonyl (C=O) groups is 1. The van der Waals surface area contributed by atoms with Crippen molar-refractivity contribution in [3.8, 4) is 5.75 Å². The minimum absolute atomic E-state index is 0.257. The summed E-state index contributed by atoms with van der Waals surface area (Å²) in [6.07, 6.45) is -6.91. The molecule has 0 heterocycles. The average Bonchev–Trinajstić information content (AvgIpc) is 2.15. The fourth-order valence-corrected chi connectivity index (χ4v) is 1.24. The third-order valence-electron chi connectivity index (χ3n) is 2.15. The van der Waals surface area contributed by atoms with E-state index in [0.29, 0.717) is 0 Å². The fourth-order valence-electron chi connectivity index (χ4n) is 1.24. The number of benzene rings is 1. The van der Waals surface area contributed by atoms with Crippen molar-refractivity contribution in [1.82, 2.24) is 0 Å². The van der Waals surface area contributed by atoms with E-state index in [1.54, 1.807) is 0 Å². The van der Waals surface area contributed by atoms with Crippen molar-refractivity contribution in [2.75, 3.05) is 0 Å². The predicted octanol–water partition coefficient (Wildman–Crippen LogP) is 2.29. The summed E-state index contributed by atoms with van der Waals surface area (Å²) >= 11 is 0. The lowest BCUT2D eigenvalue weighted by atomic mass is 9.95. The first-order valence-electron chi connectivity index (χ1n) is 4.44. The molecule has 7 heteroatoms. The summed E-state index contributed by atoms with van der Waals surface area (Å²) < 4.78 is 50.4. The molecule has 17 heavy (non-hydrogen) atoms. The summed E-state index contributed by atoms with van der Waals surface area (Å²) in [4.78, 5) is 10.4. The van der Waals surface area contributed by atoms with Crippen LogP contribution in [-0.2, 0) is 11.2 Å². The van der Waals surface area contributed by atoms with Crippen LogP contribution in [0.2, 0.25) is 0 Å². The SMILES string of the molecule is O=C(O)C(F)(Cc1cccc(O)c1)C(F)(F)F. The van der Waals surface area contributed by atoms with Gasteiger partial charge in [0, 0.05) is 6.42 Å². The van der Waals surface area contributed by atoms with E-state index in [2.05, 4.69) is 0 Å². The monoisotopic (exact) mass is 252 g/mol. The maximum Gasteiger partial charge on any atom is 0.433 e. The van der Waals surface area contributed by atoms with Crippen LogP contribution >= 0.6 is 0 Å². The van der Waals surface area contributed by atoms with Crippen LogP contribution in [-0.4, -0.2) is 28.0 Å². The van der Waals surface area contributed by atoms with Crippen molar-refractivity contribution in [3.05, 3.63) is 29.8 Å². The molecule has 0 aliphatic heterocycles. The van der Waals surface area contributed by atoms with Crippen LogP contribution in [0.4, 0.5) is 17.6 Å². The molecule has 0 aliphatic carbocycles. The standard InChI is InChI=1S/C10H8F4O3/c11-9(8(16)17,10(12,13)14)5-6-2-1-3-7(15)4-6/h1-4,15H,5H2,(H,16,17). The van der Waals surface area contributed by atoms with Crippen molar-refractivity contribution in [2.24, 2.45) is 0 Å². The molecule has 2 N–H and O–H groups in total. The quantitative estimate of drug-likeness (QED) is 0.811. The molecule has 0 bridgehead atoms. The summed E-state index contributed by atoms with van der Waals surface area (Å²) in [5.41, 5.74) is -4.62. The molecule has 3 nitrogen and oxygen atoms in total. The molecule has 1 atom stereocenters. The number of aromatic hydroxyl groups is 1. The molecule has 1 unspecified atom stereocenters. The summed E-state index contributed by atoms with van der Waals surface area (Å²) in [6.45, 7) is 0. The van der Waals surface area contributed by atoms with E-state index in [1.807, 2.05) is 0 Å². The molecule has 1 rings (SSSR count). The van der Waals surface area contributed by atoms with E-state index < -0.39 is 24.2 Å². The van der Waals surface area contributed by atoms with Crippen molar-refractivity contribution < 1.29 is 32.6 Å².